The fraction of sp³-hybridized carbons (Fsp3) is 0.118. The van der Waals surface area contributed by atoms with Crippen LogP contribution in [-0.2, 0) is 19.5 Å². The van der Waals surface area contributed by atoms with E-state index in [4.69, 9.17) is 0 Å². The first-order valence-electron chi connectivity index (χ1n) is 5.57. The third kappa shape index (κ3) is 4.90. The number of hydrogen-bond donors (Lipinski definition) is 1. The molecule has 2 aromatic rings. The first kappa shape index (κ1) is 20.8. The van der Waals surface area contributed by atoms with Crippen LogP contribution in [0.2, 0.25) is 0 Å². The van der Waals surface area contributed by atoms with Crippen molar-refractivity contribution in [3.8, 4) is 5.75 Å². The molecule has 2 aromatic carbocycles. The quantitative estimate of drug-likeness (QED) is 0.474. The summed E-state index contributed by atoms with van der Waals surface area (Å²) in [6.45, 7) is 4.06. The summed E-state index contributed by atoms with van der Waals surface area (Å²) >= 11 is 0. The molecular weight excluding hydrogens is 335 g/mol. The number of para-hydroxylation sites is 2. The van der Waals surface area contributed by atoms with Gasteiger partial charge in [0.05, 0.1) is 5.69 Å². The Hall–Kier alpha value is -1.47. The Balaban J connectivity index is 0. The van der Waals surface area contributed by atoms with Gasteiger partial charge < -0.3 is 20.0 Å². The van der Waals surface area contributed by atoms with Gasteiger partial charge in [-0.3, -0.25) is 4.99 Å². The maximum atomic E-state index is 9.64. The van der Waals surface area contributed by atoms with Gasteiger partial charge in [0.25, 0.3) is 0 Å². The number of hydrogen-bond acceptors (Lipinski definition) is 2. The van der Waals surface area contributed by atoms with E-state index >= 15 is 0 Å². The normalized spacial score (nSPS) is 9.30. The molecule has 0 atom stereocenters. The Kier molecular flexibility index (Phi) is 9.84. The zero-order chi connectivity index (χ0) is 12.3. The summed E-state index contributed by atoms with van der Waals surface area (Å²) < 4.78 is 0. The van der Waals surface area contributed by atoms with E-state index in [0.717, 1.165) is 22.4 Å². The topological polar surface area (TPSA) is 32.6 Å². The van der Waals surface area contributed by atoms with E-state index < -0.39 is 0 Å². The molecule has 0 aromatic heterocycles. The van der Waals surface area contributed by atoms with E-state index in [9.17, 15) is 5.11 Å². The summed E-state index contributed by atoms with van der Waals surface area (Å²) in [6, 6.07) is 13.3. The summed E-state index contributed by atoms with van der Waals surface area (Å²) in [5, 5.41) is 9.64. The maximum Gasteiger partial charge on any atom is 2.00 e. The monoisotopic (exact) mass is 357 g/mol. The van der Waals surface area contributed by atoms with Gasteiger partial charge in [-0.25, -0.2) is 0 Å². The zero-order valence-corrected chi connectivity index (χ0v) is 14.1. The van der Waals surface area contributed by atoms with Gasteiger partial charge in [-0.15, -0.1) is 0 Å². The Labute approximate surface area is 135 Å². The number of phenols is 1. The van der Waals surface area contributed by atoms with Crippen LogP contribution in [-0.4, -0.2) is 11.3 Å². The molecule has 0 aliphatic carbocycles. The molecule has 0 aliphatic rings. The van der Waals surface area contributed by atoms with Crippen molar-refractivity contribution in [1.82, 2.24) is 0 Å². The molecule has 0 unspecified atom stereocenters. The number of rotatable bonds is 2. The minimum absolute atomic E-state index is 0. The van der Waals surface area contributed by atoms with Crippen LogP contribution in [0, 0.1) is 28.7 Å². The molecule has 0 saturated carbocycles. The zero-order valence-electron chi connectivity index (χ0n) is 12.4. The number of benzene rings is 2. The maximum absolute atomic E-state index is 9.64. The minimum Gasteiger partial charge on any atom is -0.507 e. The molecule has 0 bridgehead atoms. The van der Waals surface area contributed by atoms with Crippen molar-refractivity contribution in [3.63, 3.8) is 0 Å². The summed E-state index contributed by atoms with van der Waals surface area (Å²) in [4.78, 5) is 4.45. The number of phenolic OH excluding ortho intramolecular Hbond substituents is 1. The number of aromatic hydroxyl groups is 1. The van der Waals surface area contributed by atoms with Crippen molar-refractivity contribution in [2.45, 2.75) is 13.8 Å². The number of aliphatic imine (C=N–C) groups is 1. The Morgan fingerprint density at radius 3 is 2.00 bits per heavy atom. The van der Waals surface area contributed by atoms with Crippen molar-refractivity contribution < 1.29 is 24.6 Å². The molecule has 0 aliphatic heterocycles. The summed E-state index contributed by atoms with van der Waals surface area (Å²) in [5.41, 5.74) is 3.97. The fourth-order valence-corrected chi connectivity index (χ4v) is 1.74. The van der Waals surface area contributed by atoms with Gasteiger partial charge in [0.1, 0.15) is 5.75 Å². The smallest absolute Gasteiger partial charge is 0.507 e. The van der Waals surface area contributed by atoms with Crippen LogP contribution in [0.1, 0.15) is 16.7 Å². The summed E-state index contributed by atoms with van der Waals surface area (Å²) in [7, 11) is 0. The van der Waals surface area contributed by atoms with Crippen molar-refractivity contribution in [3.05, 3.63) is 74.0 Å². The van der Waals surface area contributed by atoms with Gasteiger partial charge in [-0.2, -0.15) is 0 Å². The van der Waals surface area contributed by atoms with Crippen molar-refractivity contribution in [2.75, 3.05) is 0 Å². The Morgan fingerprint density at radius 2 is 1.45 bits per heavy atom. The summed E-state index contributed by atoms with van der Waals surface area (Å²) in [6.07, 6.45) is 1.70. The van der Waals surface area contributed by atoms with Crippen molar-refractivity contribution in [1.29, 1.82) is 0 Å². The van der Waals surface area contributed by atoms with E-state index in [2.05, 4.69) is 4.99 Å². The van der Waals surface area contributed by atoms with Crippen LogP contribution in [0.5, 0.6) is 5.75 Å². The predicted molar refractivity (Wildman–Crippen MR) is 84.1 cm³/mol. The van der Waals surface area contributed by atoms with Crippen LogP contribution < -0.4 is 0 Å². The Bertz CT molecular complexity index is 544. The molecule has 1 N–H and O–H groups in total. The Morgan fingerprint density at radius 1 is 0.900 bits per heavy atom. The molecule has 108 valence electrons. The van der Waals surface area contributed by atoms with E-state index in [-0.39, 0.29) is 40.1 Å². The molecule has 2 nitrogen and oxygen atoms in total. The van der Waals surface area contributed by atoms with E-state index in [1.807, 2.05) is 44.2 Å². The second-order valence-electron chi connectivity index (χ2n) is 4.06. The predicted octanol–water partition coefficient (Wildman–Crippen LogP) is 4.66. The first-order chi connectivity index (χ1) is 8.18. The molecule has 0 saturated heterocycles. The van der Waals surface area contributed by atoms with E-state index in [1.54, 1.807) is 18.3 Å². The third-order valence-electron chi connectivity index (χ3n) is 2.71. The summed E-state index contributed by atoms with van der Waals surface area (Å²) in [5.74, 6) is 0.252. The second-order valence-corrected chi connectivity index (χ2v) is 4.06. The van der Waals surface area contributed by atoms with Gasteiger partial charge in [-0.1, -0.05) is 30.3 Å². The first-order valence-corrected chi connectivity index (χ1v) is 5.57. The molecule has 0 amide bonds. The van der Waals surface area contributed by atoms with Gasteiger partial charge in [0.15, 0.2) is 0 Å². The largest absolute Gasteiger partial charge is 2.00 e. The van der Waals surface area contributed by atoms with Crippen molar-refractivity contribution in [2.24, 2.45) is 4.99 Å². The third-order valence-corrected chi connectivity index (χ3v) is 2.71. The second kappa shape index (κ2) is 9.44. The molecule has 20 heavy (non-hydrogen) atoms. The standard InChI is InChI=1S/C15H15NO.2CH3.Ru/c1-11-6-5-7-12(2)15(11)16-10-13-8-3-4-9-14(13)17;;;/h3-10,17H,1-2H3;2*1H3;/q;2*-1;+2. The van der Waals surface area contributed by atoms with Gasteiger partial charge >= 0.3 is 19.5 Å². The molecule has 0 heterocycles. The van der Waals surface area contributed by atoms with Crippen LogP contribution in [0.25, 0.3) is 0 Å². The van der Waals surface area contributed by atoms with Crippen LogP contribution >= 0.6 is 0 Å². The van der Waals surface area contributed by atoms with Crippen molar-refractivity contribution >= 4 is 11.9 Å². The average molecular weight is 356 g/mol. The van der Waals surface area contributed by atoms with Gasteiger partial charge in [0.2, 0.25) is 0 Å². The van der Waals surface area contributed by atoms with Gasteiger partial charge in [0, 0.05) is 11.8 Å². The SMILES string of the molecule is Cc1cccc(C)c1N=Cc1ccccc1O.[CH3-].[CH3-].[Ru+2]. The van der Waals surface area contributed by atoms with Crippen LogP contribution in [0.3, 0.4) is 0 Å². The van der Waals surface area contributed by atoms with Crippen LogP contribution in [0.15, 0.2) is 47.5 Å². The fourth-order valence-electron chi connectivity index (χ4n) is 1.74. The van der Waals surface area contributed by atoms with Crippen LogP contribution in [0.4, 0.5) is 5.69 Å². The van der Waals surface area contributed by atoms with E-state index in [1.165, 1.54) is 0 Å². The van der Waals surface area contributed by atoms with Gasteiger partial charge in [-0.05, 0) is 37.1 Å². The number of aryl methyl sites for hydroxylation is 2. The number of nitrogens with zero attached hydrogens (tertiary/aromatic N) is 1. The molecule has 0 fully saturated rings. The molecule has 0 radical (unpaired) electrons. The minimum atomic E-state index is 0. The molecular formula is C17H21NORu. The molecule has 0 spiro atoms. The average Bonchev–Trinajstić information content (AvgIpc) is 2.30. The van der Waals surface area contributed by atoms with E-state index in [0.29, 0.717) is 0 Å². The molecule has 3 heteroatoms. The molecule has 2 rings (SSSR count).